The van der Waals surface area contributed by atoms with E-state index in [4.69, 9.17) is 21.7 Å². The molecule has 4 amide bonds. The van der Waals surface area contributed by atoms with Gasteiger partial charge in [0.1, 0.15) is 18.1 Å². The second-order valence-electron chi connectivity index (χ2n) is 7.02. The highest BCUT2D eigenvalue weighted by atomic mass is 16.4. The van der Waals surface area contributed by atoms with Gasteiger partial charge in [0.25, 0.3) is 0 Å². The quantitative estimate of drug-likeness (QED) is 0.151. The highest BCUT2D eigenvalue weighted by Gasteiger charge is 2.31. The summed E-state index contributed by atoms with van der Waals surface area (Å²) in [6, 6.07) is -4.20. The first-order valence-corrected chi connectivity index (χ1v) is 9.20. The number of primary amides is 1. The fraction of sp³-hybridized carbons (Fsp3) is 0.647. The summed E-state index contributed by atoms with van der Waals surface area (Å²) in [4.78, 5) is 69.8. The van der Waals surface area contributed by atoms with Gasteiger partial charge in [0.2, 0.25) is 23.6 Å². The van der Waals surface area contributed by atoms with Crippen molar-refractivity contribution in [2.75, 3.05) is 6.54 Å². The van der Waals surface area contributed by atoms with Crippen molar-refractivity contribution in [2.24, 2.45) is 17.4 Å². The van der Waals surface area contributed by atoms with Crippen LogP contribution in [0.3, 0.4) is 0 Å². The van der Waals surface area contributed by atoms with Gasteiger partial charge in [-0.1, -0.05) is 13.8 Å². The minimum Gasteiger partial charge on any atom is -0.481 e. The Morgan fingerprint density at radius 3 is 1.83 bits per heavy atom. The van der Waals surface area contributed by atoms with E-state index in [-0.39, 0.29) is 31.7 Å². The van der Waals surface area contributed by atoms with Crippen LogP contribution < -0.4 is 27.4 Å². The fourth-order valence-electron chi connectivity index (χ4n) is 2.43. The number of aliphatic carboxylic acids is 2. The monoisotopic (exact) mass is 431 g/mol. The highest BCUT2D eigenvalue weighted by molar-refractivity contribution is 5.95. The SMILES string of the molecule is CC(C)CC(NC(=O)CN)C(=O)NC(CC(=O)O)C(=O)NC(CCC(N)=O)C(=O)O. The summed E-state index contributed by atoms with van der Waals surface area (Å²) in [5.74, 6) is -6.21. The number of carboxylic acids is 2. The first-order chi connectivity index (χ1) is 13.9. The van der Waals surface area contributed by atoms with Crippen LogP contribution in [0.25, 0.3) is 0 Å². The molecule has 170 valence electrons. The van der Waals surface area contributed by atoms with Crippen LogP contribution in [0.2, 0.25) is 0 Å². The lowest BCUT2D eigenvalue weighted by molar-refractivity contribution is -0.143. The average molecular weight is 431 g/mol. The first kappa shape index (κ1) is 26.8. The van der Waals surface area contributed by atoms with Gasteiger partial charge < -0.3 is 37.6 Å². The van der Waals surface area contributed by atoms with E-state index in [0.717, 1.165) is 0 Å². The summed E-state index contributed by atoms with van der Waals surface area (Å²) in [7, 11) is 0. The Kier molecular flexibility index (Phi) is 11.7. The summed E-state index contributed by atoms with van der Waals surface area (Å²) < 4.78 is 0. The predicted octanol–water partition coefficient (Wildman–Crippen LogP) is -2.73. The third kappa shape index (κ3) is 10.9. The van der Waals surface area contributed by atoms with Crippen LogP contribution >= 0.6 is 0 Å². The molecule has 0 saturated heterocycles. The Morgan fingerprint density at radius 1 is 0.867 bits per heavy atom. The molecule has 0 aliphatic carbocycles. The third-order valence-electron chi connectivity index (χ3n) is 3.85. The van der Waals surface area contributed by atoms with Crippen molar-refractivity contribution in [3.63, 3.8) is 0 Å². The minimum absolute atomic E-state index is 0.0317. The van der Waals surface area contributed by atoms with E-state index in [1.165, 1.54) is 0 Å². The molecule has 0 aromatic heterocycles. The van der Waals surface area contributed by atoms with Gasteiger partial charge in [-0.15, -0.1) is 0 Å². The van der Waals surface area contributed by atoms with E-state index in [1.807, 2.05) is 0 Å². The normalized spacial score (nSPS) is 13.6. The Hall–Kier alpha value is -3.22. The third-order valence-corrected chi connectivity index (χ3v) is 3.85. The molecule has 0 fully saturated rings. The number of hydrogen-bond donors (Lipinski definition) is 7. The van der Waals surface area contributed by atoms with Gasteiger partial charge in [-0.05, 0) is 18.8 Å². The molecule has 13 heteroatoms. The van der Waals surface area contributed by atoms with Crippen LogP contribution in [0.4, 0.5) is 0 Å². The minimum atomic E-state index is -1.62. The molecule has 0 aromatic carbocycles. The predicted molar refractivity (Wildman–Crippen MR) is 103 cm³/mol. The largest absolute Gasteiger partial charge is 0.481 e. The number of nitrogens with one attached hydrogen (secondary N) is 3. The van der Waals surface area contributed by atoms with E-state index in [0.29, 0.717) is 0 Å². The smallest absolute Gasteiger partial charge is 0.326 e. The Labute approximate surface area is 172 Å². The van der Waals surface area contributed by atoms with Gasteiger partial charge in [0.05, 0.1) is 13.0 Å². The molecule has 30 heavy (non-hydrogen) atoms. The number of amides is 4. The lowest BCUT2D eigenvalue weighted by Gasteiger charge is -2.24. The second kappa shape index (κ2) is 13.1. The van der Waals surface area contributed by atoms with Gasteiger partial charge in [-0.25, -0.2) is 4.79 Å². The molecule has 13 nitrogen and oxygen atoms in total. The van der Waals surface area contributed by atoms with Crippen LogP contribution in [0.1, 0.15) is 39.5 Å². The molecule has 3 unspecified atom stereocenters. The molecular formula is C17H29N5O8. The number of carboxylic acid groups (broad SMARTS) is 2. The number of nitrogens with two attached hydrogens (primary N) is 2. The maximum absolute atomic E-state index is 12.5. The molecule has 0 aliphatic rings. The van der Waals surface area contributed by atoms with Crippen molar-refractivity contribution in [1.82, 2.24) is 16.0 Å². The molecule has 0 aliphatic heterocycles. The van der Waals surface area contributed by atoms with Crippen molar-refractivity contribution in [2.45, 2.75) is 57.7 Å². The molecule has 0 aromatic rings. The Morgan fingerprint density at radius 2 is 1.40 bits per heavy atom. The zero-order valence-electron chi connectivity index (χ0n) is 16.8. The number of rotatable bonds is 14. The molecule has 0 radical (unpaired) electrons. The van der Waals surface area contributed by atoms with Gasteiger partial charge in [-0.3, -0.25) is 24.0 Å². The van der Waals surface area contributed by atoms with E-state index in [1.54, 1.807) is 13.8 Å². The first-order valence-electron chi connectivity index (χ1n) is 9.20. The Bertz CT molecular complexity index is 667. The summed E-state index contributed by atoms with van der Waals surface area (Å²) >= 11 is 0. The molecular weight excluding hydrogens is 402 g/mol. The molecule has 0 bridgehead atoms. The Balaban J connectivity index is 5.38. The lowest BCUT2D eigenvalue weighted by atomic mass is 10.0. The van der Waals surface area contributed by atoms with E-state index >= 15 is 0 Å². The zero-order chi connectivity index (χ0) is 23.4. The maximum Gasteiger partial charge on any atom is 0.326 e. The standard InChI is InChI=1S/C17H29N5O8/c1-8(2)5-10(20-13(24)7-18)15(27)22-11(6-14(25)26)16(28)21-9(17(29)30)3-4-12(19)23/h8-11H,3-7,18H2,1-2H3,(H2,19,23)(H,20,24)(H,21,28)(H,22,27)(H,25,26)(H,29,30). The van der Waals surface area contributed by atoms with E-state index < -0.39 is 60.1 Å². The van der Waals surface area contributed by atoms with Gasteiger partial charge in [0, 0.05) is 6.42 Å². The van der Waals surface area contributed by atoms with Gasteiger partial charge in [0.15, 0.2) is 0 Å². The van der Waals surface area contributed by atoms with Crippen molar-refractivity contribution in [3.8, 4) is 0 Å². The van der Waals surface area contributed by atoms with Gasteiger partial charge >= 0.3 is 11.9 Å². The van der Waals surface area contributed by atoms with Crippen molar-refractivity contribution in [1.29, 1.82) is 0 Å². The zero-order valence-corrected chi connectivity index (χ0v) is 16.8. The number of carbonyl (C=O) groups excluding carboxylic acids is 4. The summed E-state index contributed by atoms with van der Waals surface area (Å²) in [6.45, 7) is 3.19. The molecule has 9 N–H and O–H groups in total. The molecule has 0 spiro atoms. The average Bonchev–Trinajstić information content (AvgIpc) is 2.62. The molecule has 0 saturated carbocycles. The molecule has 0 rings (SSSR count). The van der Waals surface area contributed by atoms with E-state index in [9.17, 15) is 28.8 Å². The summed E-state index contributed by atoms with van der Waals surface area (Å²) in [6.07, 6.45) is -1.28. The van der Waals surface area contributed by atoms with Crippen molar-refractivity contribution >= 4 is 35.6 Å². The van der Waals surface area contributed by atoms with Crippen LogP contribution in [0.5, 0.6) is 0 Å². The molecule has 3 atom stereocenters. The molecule has 0 heterocycles. The van der Waals surface area contributed by atoms with Crippen molar-refractivity contribution < 1.29 is 39.0 Å². The lowest BCUT2D eigenvalue weighted by Crippen LogP contribution is -2.57. The summed E-state index contributed by atoms with van der Waals surface area (Å²) in [5, 5.41) is 24.9. The van der Waals surface area contributed by atoms with Crippen LogP contribution in [0, 0.1) is 5.92 Å². The van der Waals surface area contributed by atoms with Gasteiger partial charge in [-0.2, -0.15) is 0 Å². The maximum atomic E-state index is 12.5. The summed E-state index contributed by atoms with van der Waals surface area (Å²) in [5.41, 5.74) is 10.2. The number of hydrogen-bond acceptors (Lipinski definition) is 7. The van der Waals surface area contributed by atoms with Crippen LogP contribution in [-0.2, 0) is 28.8 Å². The van der Waals surface area contributed by atoms with E-state index in [2.05, 4.69) is 16.0 Å². The topological polar surface area (TPSA) is 231 Å². The fourth-order valence-corrected chi connectivity index (χ4v) is 2.43. The van der Waals surface area contributed by atoms with Crippen LogP contribution in [-0.4, -0.2) is 70.5 Å². The van der Waals surface area contributed by atoms with Crippen LogP contribution in [0.15, 0.2) is 0 Å². The van der Waals surface area contributed by atoms with Crippen molar-refractivity contribution in [3.05, 3.63) is 0 Å². The highest BCUT2D eigenvalue weighted by Crippen LogP contribution is 2.07. The second-order valence-corrected chi connectivity index (χ2v) is 7.02. The number of carbonyl (C=O) groups is 6.